The lowest BCUT2D eigenvalue weighted by Crippen LogP contribution is -2.38. The van der Waals surface area contributed by atoms with Crippen LogP contribution >= 0.6 is 0 Å². The smallest absolute Gasteiger partial charge is 0.306 e. The molecule has 0 bridgehead atoms. The average molecular weight is 266 g/mol. The lowest BCUT2D eigenvalue weighted by atomic mass is 9.85. The van der Waals surface area contributed by atoms with E-state index in [2.05, 4.69) is 17.4 Å². The molecule has 106 valence electrons. The van der Waals surface area contributed by atoms with Crippen LogP contribution in [0.25, 0.3) is 0 Å². The fourth-order valence-electron chi connectivity index (χ4n) is 3.11. The third-order valence-electron chi connectivity index (χ3n) is 4.03. The summed E-state index contributed by atoms with van der Waals surface area (Å²) in [5.41, 5.74) is 2.00. The summed E-state index contributed by atoms with van der Waals surface area (Å²) >= 11 is 0. The summed E-state index contributed by atoms with van der Waals surface area (Å²) in [6, 6.07) is 0.405. The van der Waals surface area contributed by atoms with E-state index in [0.29, 0.717) is 6.42 Å². The maximum absolute atomic E-state index is 11.1. The van der Waals surface area contributed by atoms with Crippen molar-refractivity contribution < 1.29 is 14.4 Å². The zero-order valence-electron chi connectivity index (χ0n) is 11.8. The minimum Gasteiger partial charge on any atom is -0.481 e. The van der Waals surface area contributed by atoms with E-state index in [1.54, 1.807) is 0 Å². The molecule has 5 heteroatoms. The summed E-state index contributed by atoms with van der Waals surface area (Å²) in [6.45, 7) is 5.93. The lowest BCUT2D eigenvalue weighted by Gasteiger charge is -2.30. The minimum atomic E-state index is -0.670. The largest absolute Gasteiger partial charge is 0.481 e. The Morgan fingerprint density at radius 3 is 2.79 bits per heavy atom. The SMILES string of the molecule is Cc1noc(C)c1C(C)NC1CCCC(C(=O)O)C1. The van der Waals surface area contributed by atoms with Crippen LogP contribution in [0.1, 0.15) is 55.7 Å². The Balaban J connectivity index is 1.99. The van der Waals surface area contributed by atoms with Crippen molar-refractivity contribution in [1.82, 2.24) is 10.5 Å². The molecular formula is C14H22N2O3. The number of nitrogens with one attached hydrogen (secondary N) is 1. The molecule has 3 atom stereocenters. The number of hydrogen-bond donors (Lipinski definition) is 2. The highest BCUT2D eigenvalue weighted by atomic mass is 16.5. The Bertz CT molecular complexity index is 436. The number of rotatable bonds is 4. The van der Waals surface area contributed by atoms with Crippen LogP contribution in [0.15, 0.2) is 4.52 Å². The van der Waals surface area contributed by atoms with E-state index in [1.807, 2.05) is 13.8 Å². The number of carboxylic acids is 1. The van der Waals surface area contributed by atoms with Gasteiger partial charge >= 0.3 is 5.97 Å². The van der Waals surface area contributed by atoms with E-state index in [-0.39, 0.29) is 18.0 Å². The number of aryl methyl sites for hydroxylation is 2. The number of hydrogen-bond acceptors (Lipinski definition) is 4. The van der Waals surface area contributed by atoms with E-state index in [4.69, 9.17) is 9.63 Å². The Labute approximate surface area is 113 Å². The molecule has 1 fully saturated rings. The van der Waals surface area contributed by atoms with Gasteiger partial charge in [-0.2, -0.15) is 0 Å². The summed E-state index contributed by atoms with van der Waals surface area (Å²) in [5, 5.41) is 16.6. The number of nitrogens with zero attached hydrogens (tertiary/aromatic N) is 1. The first-order chi connectivity index (χ1) is 8.99. The predicted octanol–water partition coefficient (Wildman–Crippen LogP) is 2.59. The van der Waals surface area contributed by atoms with E-state index in [9.17, 15) is 4.79 Å². The molecule has 3 unspecified atom stereocenters. The molecule has 2 rings (SSSR count). The Kier molecular flexibility index (Phi) is 4.24. The molecule has 1 aliphatic carbocycles. The standard InChI is InChI=1S/C14H22N2O3/c1-8(13-9(2)16-19-10(13)3)15-12-6-4-5-11(7-12)14(17)18/h8,11-12,15H,4-7H2,1-3H3,(H,17,18). The Hall–Kier alpha value is -1.36. The molecule has 19 heavy (non-hydrogen) atoms. The fourth-order valence-corrected chi connectivity index (χ4v) is 3.11. The van der Waals surface area contributed by atoms with Crippen molar-refractivity contribution in [2.75, 3.05) is 0 Å². The highest BCUT2D eigenvalue weighted by Gasteiger charge is 2.28. The molecule has 0 aromatic carbocycles. The molecule has 1 aromatic rings. The third kappa shape index (κ3) is 3.15. The first kappa shape index (κ1) is 14.1. The zero-order chi connectivity index (χ0) is 14.0. The first-order valence-electron chi connectivity index (χ1n) is 6.90. The van der Waals surface area contributed by atoms with Gasteiger partial charge in [-0.1, -0.05) is 11.6 Å². The number of carboxylic acid groups (broad SMARTS) is 1. The molecule has 1 aliphatic rings. The molecule has 2 N–H and O–H groups in total. The van der Waals surface area contributed by atoms with Gasteiger partial charge in [-0.05, 0) is 40.0 Å². The van der Waals surface area contributed by atoms with Gasteiger partial charge in [-0.25, -0.2) is 0 Å². The second kappa shape index (κ2) is 5.74. The van der Waals surface area contributed by atoms with Gasteiger partial charge in [0.2, 0.25) is 0 Å². The third-order valence-corrected chi connectivity index (χ3v) is 4.03. The molecule has 0 amide bonds. The van der Waals surface area contributed by atoms with E-state index < -0.39 is 5.97 Å². The van der Waals surface area contributed by atoms with Gasteiger partial charge in [0, 0.05) is 17.6 Å². The van der Waals surface area contributed by atoms with Crippen molar-refractivity contribution >= 4 is 5.97 Å². The van der Waals surface area contributed by atoms with Crippen molar-refractivity contribution in [3.63, 3.8) is 0 Å². The number of aromatic nitrogens is 1. The molecule has 0 saturated heterocycles. The summed E-state index contributed by atoms with van der Waals surface area (Å²) in [5.74, 6) is -0.0392. The van der Waals surface area contributed by atoms with Crippen molar-refractivity contribution in [2.24, 2.45) is 5.92 Å². The predicted molar refractivity (Wildman–Crippen MR) is 70.9 cm³/mol. The normalized spacial score (nSPS) is 25.2. The summed E-state index contributed by atoms with van der Waals surface area (Å²) in [6.07, 6.45) is 3.52. The average Bonchev–Trinajstić information content (AvgIpc) is 2.69. The van der Waals surface area contributed by atoms with Crippen LogP contribution in [-0.2, 0) is 4.79 Å². The van der Waals surface area contributed by atoms with Crippen LogP contribution < -0.4 is 5.32 Å². The minimum absolute atomic E-state index is 0.142. The van der Waals surface area contributed by atoms with Crippen LogP contribution in [0.3, 0.4) is 0 Å². The van der Waals surface area contributed by atoms with Gasteiger partial charge in [-0.3, -0.25) is 4.79 Å². The molecule has 1 heterocycles. The number of carbonyl (C=O) groups is 1. The van der Waals surface area contributed by atoms with Gasteiger partial charge in [0.1, 0.15) is 5.76 Å². The zero-order valence-corrected chi connectivity index (χ0v) is 11.8. The van der Waals surface area contributed by atoms with Crippen molar-refractivity contribution in [3.05, 3.63) is 17.0 Å². The maximum atomic E-state index is 11.1. The maximum Gasteiger partial charge on any atom is 0.306 e. The van der Waals surface area contributed by atoms with Crippen LogP contribution in [0.2, 0.25) is 0 Å². The highest BCUT2D eigenvalue weighted by molar-refractivity contribution is 5.70. The van der Waals surface area contributed by atoms with E-state index in [0.717, 1.165) is 36.3 Å². The van der Waals surface area contributed by atoms with E-state index in [1.165, 1.54) is 0 Å². The van der Waals surface area contributed by atoms with Crippen LogP contribution in [0.4, 0.5) is 0 Å². The molecule has 0 radical (unpaired) electrons. The summed E-state index contributed by atoms with van der Waals surface area (Å²) in [4.78, 5) is 11.1. The van der Waals surface area contributed by atoms with Gasteiger partial charge in [0.05, 0.1) is 11.6 Å². The first-order valence-corrected chi connectivity index (χ1v) is 6.90. The Morgan fingerprint density at radius 2 is 2.21 bits per heavy atom. The molecule has 0 aliphatic heterocycles. The topological polar surface area (TPSA) is 75.4 Å². The van der Waals surface area contributed by atoms with Crippen molar-refractivity contribution in [2.45, 2.75) is 58.5 Å². The van der Waals surface area contributed by atoms with Crippen molar-refractivity contribution in [1.29, 1.82) is 0 Å². The second-order valence-electron chi connectivity index (χ2n) is 5.52. The molecule has 1 aromatic heterocycles. The molecule has 5 nitrogen and oxygen atoms in total. The Morgan fingerprint density at radius 1 is 1.47 bits per heavy atom. The molecule has 0 spiro atoms. The second-order valence-corrected chi connectivity index (χ2v) is 5.52. The quantitative estimate of drug-likeness (QED) is 0.876. The van der Waals surface area contributed by atoms with Crippen LogP contribution in [0.5, 0.6) is 0 Å². The lowest BCUT2D eigenvalue weighted by molar-refractivity contribution is -0.143. The van der Waals surface area contributed by atoms with Gasteiger partial charge < -0.3 is 14.9 Å². The van der Waals surface area contributed by atoms with Crippen LogP contribution in [0, 0.1) is 19.8 Å². The summed E-state index contributed by atoms with van der Waals surface area (Å²) in [7, 11) is 0. The van der Waals surface area contributed by atoms with E-state index >= 15 is 0 Å². The van der Waals surface area contributed by atoms with Gasteiger partial charge in [-0.15, -0.1) is 0 Å². The van der Waals surface area contributed by atoms with Gasteiger partial charge in [0.25, 0.3) is 0 Å². The van der Waals surface area contributed by atoms with Crippen molar-refractivity contribution in [3.8, 4) is 0 Å². The van der Waals surface area contributed by atoms with Gasteiger partial charge in [0.15, 0.2) is 0 Å². The molecule has 1 saturated carbocycles. The summed E-state index contributed by atoms with van der Waals surface area (Å²) < 4.78 is 5.18. The fraction of sp³-hybridized carbons (Fsp3) is 0.714. The molecular weight excluding hydrogens is 244 g/mol. The highest BCUT2D eigenvalue weighted by Crippen LogP contribution is 2.28. The van der Waals surface area contributed by atoms with Crippen LogP contribution in [-0.4, -0.2) is 22.3 Å². The monoisotopic (exact) mass is 266 g/mol. The number of aliphatic carboxylic acids is 1.